The SMILES string of the molecule is Cc1cnc(C(=O)N2CC(=O)N(c3cccc(-c4ccccc4)c3)C[C@H]2C)[nH]1. The predicted octanol–water partition coefficient (Wildman–Crippen LogP) is 3.26. The van der Waals surface area contributed by atoms with Crippen molar-refractivity contribution in [3.05, 3.63) is 72.3 Å². The summed E-state index contributed by atoms with van der Waals surface area (Å²) < 4.78 is 0. The molecular weight excluding hydrogens is 352 g/mol. The summed E-state index contributed by atoms with van der Waals surface area (Å²) in [6.07, 6.45) is 1.62. The third-order valence-electron chi connectivity index (χ3n) is 5.02. The van der Waals surface area contributed by atoms with Gasteiger partial charge in [-0.1, -0.05) is 42.5 Å². The minimum atomic E-state index is -0.244. The van der Waals surface area contributed by atoms with E-state index in [0.717, 1.165) is 22.5 Å². The number of H-pyrrole nitrogens is 1. The highest BCUT2D eigenvalue weighted by atomic mass is 16.2. The lowest BCUT2D eigenvalue weighted by atomic mass is 10.0. The molecule has 1 saturated heterocycles. The molecule has 2 aromatic carbocycles. The second-order valence-electron chi connectivity index (χ2n) is 7.12. The number of carbonyl (C=O) groups excluding carboxylic acids is 2. The van der Waals surface area contributed by atoms with E-state index in [0.29, 0.717) is 6.54 Å². The summed E-state index contributed by atoms with van der Waals surface area (Å²) in [5, 5.41) is 0. The fraction of sp³-hybridized carbons (Fsp3) is 0.227. The van der Waals surface area contributed by atoms with Crippen molar-refractivity contribution in [3.8, 4) is 11.1 Å². The van der Waals surface area contributed by atoms with Crippen LogP contribution in [0.15, 0.2) is 60.8 Å². The number of nitrogens with zero attached hydrogens (tertiary/aromatic N) is 3. The van der Waals surface area contributed by atoms with E-state index in [1.165, 1.54) is 0 Å². The van der Waals surface area contributed by atoms with Gasteiger partial charge in [0.1, 0.15) is 6.54 Å². The first-order valence-electron chi connectivity index (χ1n) is 9.31. The number of aromatic nitrogens is 2. The molecule has 1 fully saturated rings. The molecular formula is C22H22N4O2. The zero-order chi connectivity index (χ0) is 19.7. The summed E-state index contributed by atoms with van der Waals surface area (Å²) in [6.45, 7) is 4.28. The number of anilines is 1. The maximum Gasteiger partial charge on any atom is 0.290 e. The molecule has 1 aliphatic rings. The molecule has 6 nitrogen and oxygen atoms in total. The molecule has 142 valence electrons. The van der Waals surface area contributed by atoms with Crippen LogP contribution >= 0.6 is 0 Å². The smallest absolute Gasteiger partial charge is 0.290 e. The number of hydrogen-bond donors (Lipinski definition) is 1. The van der Waals surface area contributed by atoms with Gasteiger partial charge in [-0.3, -0.25) is 9.59 Å². The number of piperazine rings is 1. The molecule has 0 aliphatic carbocycles. The van der Waals surface area contributed by atoms with Crippen molar-refractivity contribution in [1.29, 1.82) is 0 Å². The molecule has 0 spiro atoms. The Balaban J connectivity index is 1.55. The van der Waals surface area contributed by atoms with Gasteiger partial charge in [0.15, 0.2) is 5.82 Å². The number of aryl methyl sites for hydroxylation is 1. The van der Waals surface area contributed by atoms with Crippen molar-refractivity contribution in [3.63, 3.8) is 0 Å². The van der Waals surface area contributed by atoms with Crippen LogP contribution in [0.3, 0.4) is 0 Å². The van der Waals surface area contributed by atoms with Crippen molar-refractivity contribution in [2.24, 2.45) is 0 Å². The molecule has 1 aromatic heterocycles. The lowest BCUT2D eigenvalue weighted by Gasteiger charge is -2.39. The quantitative estimate of drug-likeness (QED) is 0.765. The van der Waals surface area contributed by atoms with Crippen molar-refractivity contribution < 1.29 is 9.59 Å². The van der Waals surface area contributed by atoms with Crippen LogP contribution in [0.5, 0.6) is 0 Å². The zero-order valence-corrected chi connectivity index (χ0v) is 15.9. The molecule has 6 heteroatoms. The van der Waals surface area contributed by atoms with Crippen LogP contribution in [0.2, 0.25) is 0 Å². The van der Waals surface area contributed by atoms with Crippen molar-refractivity contribution in [2.45, 2.75) is 19.9 Å². The molecule has 2 amide bonds. The highest BCUT2D eigenvalue weighted by molar-refractivity contribution is 6.01. The van der Waals surface area contributed by atoms with Crippen LogP contribution in [-0.2, 0) is 4.79 Å². The summed E-state index contributed by atoms with van der Waals surface area (Å²) in [5.41, 5.74) is 3.83. The van der Waals surface area contributed by atoms with Crippen LogP contribution in [0, 0.1) is 6.92 Å². The lowest BCUT2D eigenvalue weighted by Crippen LogP contribution is -2.57. The monoisotopic (exact) mass is 374 g/mol. The van der Waals surface area contributed by atoms with E-state index in [-0.39, 0.29) is 30.2 Å². The number of aromatic amines is 1. The maximum atomic E-state index is 12.8. The molecule has 1 atom stereocenters. The van der Waals surface area contributed by atoms with Crippen molar-refractivity contribution in [2.75, 3.05) is 18.0 Å². The molecule has 4 rings (SSSR count). The number of amides is 2. The van der Waals surface area contributed by atoms with Crippen LogP contribution in [0.25, 0.3) is 11.1 Å². The number of carbonyl (C=O) groups is 2. The highest BCUT2D eigenvalue weighted by Gasteiger charge is 2.34. The van der Waals surface area contributed by atoms with E-state index in [9.17, 15) is 9.59 Å². The fourth-order valence-electron chi connectivity index (χ4n) is 3.51. The topological polar surface area (TPSA) is 69.3 Å². The minimum absolute atomic E-state index is 0.0370. The van der Waals surface area contributed by atoms with Crippen molar-refractivity contribution >= 4 is 17.5 Å². The Bertz CT molecular complexity index is 1010. The molecule has 2 heterocycles. The van der Waals surface area contributed by atoms with Gasteiger partial charge >= 0.3 is 0 Å². The zero-order valence-electron chi connectivity index (χ0n) is 15.9. The van der Waals surface area contributed by atoms with Gasteiger partial charge in [0.05, 0.1) is 0 Å². The van der Waals surface area contributed by atoms with E-state index < -0.39 is 0 Å². The molecule has 3 aromatic rings. The summed E-state index contributed by atoms with van der Waals surface area (Å²) in [7, 11) is 0. The van der Waals surface area contributed by atoms with Crippen LogP contribution < -0.4 is 4.90 Å². The van der Waals surface area contributed by atoms with Gasteiger partial charge in [-0.05, 0) is 37.1 Å². The Labute approximate surface area is 163 Å². The highest BCUT2D eigenvalue weighted by Crippen LogP contribution is 2.27. The summed E-state index contributed by atoms with van der Waals surface area (Å²) in [6, 6.07) is 17.9. The predicted molar refractivity (Wildman–Crippen MR) is 108 cm³/mol. The lowest BCUT2D eigenvalue weighted by molar-refractivity contribution is -0.121. The fourth-order valence-corrected chi connectivity index (χ4v) is 3.51. The largest absolute Gasteiger partial charge is 0.338 e. The summed E-state index contributed by atoms with van der Waals surface area (Å²) in [5.74, 6) is -0.0664. The van der Waals surface area contributed by atoms with Gasteiger partial charge in [0, 0.05) is 30.2 Å². The van der Waals surface area contributed by atoms with Gasteiger partial charge in [-0.2, -0.15) is 0 Å². The molecule has 1 aliphatic heterocycles. The minimum Gasteiger partial charge on any atom is -0.338 e. The standard InChI is InChI=1S/C22H22N4O2/c1-15-12-23-21(24-15)22(28)25-14-20(27)26(13-16(25)2)19-10-6-9-18(11-19)17-7-4-3-5-8-17/h3-12,16H,13-14H2,1-2H3,(H,23,24)/t16-/m1/s1. The van der Waals surface area contributed by atoms with Gasteiger partial charge in [-0.15, -0.1) is 0 Å². The Kier molecular flexibility index (Phi) is 4.69. The van der Waals surface area contributed by atoms with Crippen molar-refractivity contribution in [1.82, 2.24) is 14.9 Å². The molecule has 0 bridgehead atoms. The first kappa shape index (κ1) is 18.0. The van der Waals surface area contributed by atoms with Gasteiger partial charge in [0.25, 0.3) is 5.91 Å². The Morgan fingerprint density at radius 2 is 1.86 bits per heavy atom. The van der Waals surface area contributed by atoms with E-state index in [4.69, 9.17) is 0 Å². The average Bonchev–Trinajstić information content (AvgIpc) is 3.16. The molecule has 0 unspecified atom stereocenters. The second kappa shape index (κ2) is 7.31. The number of rotatable bonds is 3. The van der Waals surface area contributed by atoms with E-state index in [2.05, 4.69) is 9.97 Å². The normalized spacial score (nSPS) is 17.1. The second-order valence-corrected chi connectivity index (χ2v) is 7.12. The molecule has 0 radical (unpaired) electrons. The van der Waals surface area contributed by atoms with E-state index in [1.54, 1.807) is 16.0 Å². The third kappa shape index (κ3) is 3.41. The number of benzene rings is 2. The number of nitrogens with one attached hydrogen (secondary N) is 1. The van der Waals surface area contributed by atoms with Gasteiger partial charge in [0.2, 0.25) is 5.91 Å². The Hall–Kier alpha value is -3.41. The molecule has 1 N–H and O–H groups in total. The maximum absolute atomic E-state index is 12.8. The number of imidazole rings is 1. The first-order valence-corrected chi connectivity index (χ1v) is 9.31. The summed E-state index contributed by atoms with van der Waals surface area (Å²) >= 11 is 0. The average molecular weight is 374 g/mol. The van der Waals surface area contributed by atoms with E-state index in [1.807, 2.05) is 68.4 Å². The van der Waals surface area contributed by atoms with Crippen LogP contribution in [0.4, 0.5) is 5.69 Å². The van der Waals surface area contributed by atoms with Gasteiger partial charge in [-0.25, -0.2) is 4.98 Å². The van der Waals surface area contributed by atoms with Crippen LogP contribution in [0.1, 0.15) is 23.2 Å². The Morgan fingerprint density at radius 3 is 2.57 bits per heavy atom. The van der Waals surface area contributed by atoms with Gasteiger partial charge < -0.3 is 14.8 Å². The third-order valence-corrected chi connectivity index (χ3v) is 5.02. The van der Waals surface area contributed by atoms with E-state index >= 15 is 0 Å². The summed E-state index contributed by atoms with van der Waals surface area (Å²) in [4.78, 5) is 35.9. The molecule has 0 saturated carbocycles. The number of hydrogen-bond acceptors (Lipinski definition) is 3. The van der Waals surface area contributed by atoms with Crippen LogP contribution in [-0.4, -0.2) is 45.8 Å². The first-order chi connectivity index (χ1) is 13.5. The molecule has 28 heavy (non-hydrogen) atoms. The Morgan fingerprint density at radius 1 is 1.11 bits per heavy atom.